The zero-order valence-corrected chi connectivity index (χ0v) is 14.3. The molecule has 8 heteroatoms. The first-order valence-corrected chi connectivity index (χ1v) is 9.09. The van der Waals surface area contributed by atoms with E-state index in [0.717, 1.165) is 12.1 Å². The molecule has 0 fully saturated rings. The predicted octanol–water partition coefficient (Wildman–Crippen LogP) is 3.06. The molecule has 0 unspecified atom stereocenters. The number of halogens is 2. The summed E-state index contributed by atoms with van der Waals surface area (Å²) in [4.78, 5) is 11.7. The fourth-order valence-electron chi connectivity index (χ4n) is 2.71. The van der Waals surface area contributed by atoms with Crippen molar-refractivity contribution in [2.75, 3.05) is 5.32 Å². The van der Waals surface area contributed by atoms with Crippen LogP contribution in [0.15, 0.2) is 41.3 Å². The number of nitrogens with one attached hydrogen (secondary N) is 2. The van der Waals surface area contributed by atoms with Crippen molar-refractivity contribution < 1.29 is 22.0 Å². The lowest BCUT2D eigenvalue weighted by molar-refractivity contribution is -0.116. The highest BCUT2D eigenvalue weighted by Crippen LogP contribution is 2.34. The first-order valence-electron chi connectivity index (χ1n) is 7.61. The van der Waals surface area contributed by atoms with Crippen LogP contribution in [0, 0.1) is 11.6 Å². The van der Waals surface area contributed by atoms with Crippen molar-refractivity contribution in [1.82, 2.24) is 4.72 Å². The molecule has 1 aliphatic rings. The van der Waals surface area contributed by atoms with Crippen molar-refractivity contribution in [2.45, 2.75) is 30.7 Å². The molecule has 2 atom stereocenters. The van der Waals surface area contributed by atoms with Crippen LogP contribution >= 0.6 is 0 Å². The van der Waals surface area contributed by atoms with Crippen LogP contribution in [-0.2, 0) is 14.8 Å². The number of carbonyl (C=O) groups is 1. The molecule has 0 bridgehead atoms. The Morgan fingerprint density at radius 3 is 2.52 bits per heavy atom. The number of amides is 1. The van der Waals surface area contributed by atoms with E-state index >= 15 is 0 Å². The first-order chi connectivity index (χ1) is 11.7. The van der Waals surface area contributed by atoms with Crippen molar-refractivity contribution in [3.8, 4) is 0 Å². The van der Waals surface area contributed by atoms with Gasteiger partial charge in [-0.3, -0.25) is 4.79 Å². The minimum atomic E-state index is -3.90. The molecule has 0 saturated heterocycles. The van der Waals surface area contributed by atoms with E-state index in [0.29, 0.717) is 16.8 Å². The lowest BCUT2D eigenvalue weighted by Gasteiger charge is -2.15. The second kappa shape index (κ2) is 6.20. The van der Waals surface area contributed by atoms with E-state index in [9.17, 15) is 22.0 Å². The Kier molecular flexibility index (Phi) is 4.34. The molecule has 1 aliphatic heterocycles. The summed E-state index contributed by atoms with van der Waals surface area (Å²) >= 11 is 0. The summed E-state index contributed by atoms with van der Waals surface area (Å²) in [6, 6.07) is 6.83. The fourth-order valence-corrected chi connectivity index (χ4v) is 3.98. The molecule has 1 heterocycles. The first kappa shape index (κ1) is 17.5. The van der Waals surface area contributed by atoms with Gasteiger partial charge in [-0.2, -0.15) is 0 Å². The molecule has 0 aromatic heterocycles. The molecular formula is C17H16F2N2O3S. The summed E-state index contributed by atoms with van der Waals surface area (Å²) in [5.41, 5.74) is 1.49. The number of carbonyl (C=O) groups excluding carboxylic acids is 1. The van der Waals surface area contributed by atoms with Crippen molar-refractivity contribution in [3.05, 3.63) is 59.2 Å². The molecule has 132 valence electrons. The number of sulfonamides is 1. The van der Waals surface area contributed by atoms with Gasteiger partial charge in [-0.25, -0.2) is 21.9 Å². The van der Waals surface area contributed by atoms with Crippen LogP contribution in [0.5, 0.6) is 0 Å². The molecular weight excluding hydrogens is 350 g/mol. The number of fused-ring (bicyclic) bond motifs is 1. The summed E-state index contributed by atoms with van der Waals surface area (Å²) < 4.78 is 53.9. The average Bonchev–Trinajstić information content (AvgIpc) is 2.84. The SMILES string of the molecule is C[C@H](NS(=O)(=O)c1ccc2c(c1)[C@@H](C)C(=O)N2)c1ccc(F)c(F)c1. The van der Waals surface area contributed by atoms with Crippen molar-refractivity contribution in [2.24, 2.45) is 0 Å². The summed E-state index contributed by atoms with van der Waals surface area (Å²) in [5, 5.41) is 2.67. The molecule has 2 N–H and O–H groups in total. The molecule has 2 aromatic carbocycles. The van der Waals surface area contributed by atoms with E-state index in [1.807, 2.05) is 0 Å². The molecule has 2 aromatic rings. The van der Waals surface area contributed by atoms with Gasteiger partial charge in [0.25, 0.3) is 0 Å². The second-order valence-electron chi connectivity index (χ2n) is 5.98. The van der Waals surface area contributed by atoms with Gasteiger partial charge >= 0.3 is 0 Å². The standard InChI is InChI=1S/C17H16F2N2O3S/c1-9-13-8-12(4-6-16(13)20-17(9)22)25(23,24)21-10(2)11-3-5-14(18)15(19)7-11/h3-10,21H,1-2H3,(H,20,22)/t9-,10+/m1/s1. The topological polar surface area (TPSA) is 75.3 Å². The number of hydrogen-bond acceptors (Lipinski definition) is 3. The monoisotopic (exact) mass is 366 g/mol. The van der Waals surface area contributed by atoms with Gasteiger partial charge < -0.3 is 5.32 Å². The largest absolute Gasteiger partial charge is 0.325 e. The number of anilines is 1. The van der Waals surface area contributed by atoms with Crippen LogP contribution in [0.3, 0.4) is 0 Å². The van der Waals surface area contributed by atoms with Crippen LogP contribution in [0.4, 0.5) is 14.5 Å². The highest BCUT2D eigenvalue weighted by molar-refractivity contribution is 7.89. The van der Waals surface area contributed by atoms with E-state index in [2.05, 4.69) is 10.0 Å². The zero-order valence-electron chi connectivity index (χ0n) is 13.5. The Hall–Kier alpha value is -2.32. The normalized spacial score (nSPS) is 17.9. The van der Waals surface area contributed by atoms with Crippen LogP contribution in [0.2, 0.25) is 0 Å². The maximum absolute atomic E-state index is 13.3. The van der Waals surface area contributed by atoms with E-state index in [1.165, 1.54) is 31.2 Å². The molecule has 0 radical (unpaired) electrons. The van der Waals surface area contributed by atoms with Gasteiger partial charge in [-0.15, -0.1) is 0 Å². The highest BCUT2D eigenvalue weighted by Gasteiger charge is 2.29. The highest BCUT2D eigenvalue weighted by atomic mass is 32.2. The molecule has 1 amide bonds. The van der Waals surface area contributed by atoms with Crippen molar-refractivity contribution in [3.63, 3.8) is 0 Å². The van der Waals surface area contributed by atoms with Gasteiger partial charge in [0.2, 0.25) is 15.9 Å². The lowest BCUT2D eigenvalue weighted by atomic mass is 10.0. The third-order valence-electron chi connectivity index (χ3n) is 4.23. The molecule has 25 heavy (non-hydrogen) atoms. The van der Waals surface area contributed by atoms with Gasteiger partial charge in [0.05, 0.1) is 10.8 Å². The Bertz CT molecular complexity index is 960. The predicted molar refractivity (Wildman–Crippen MR) is 88.6 cm³/mol. The summed E-state index contributed by atoms with van der Waals surface area (Å²) in [6.45, 7) is 3.22. The van der Waals surface area contributed by atoms with Gasteiger partial charge in [0.15, 0.2) is 11.6 Å². The van der Waals surface area contributed by atoms with Gasteiger partial charge in [0, 0.05) is 11.7 Å². The average molecular weight is 366 g/mol. The summed E-state index contributed by atoms with van der Waals surface area (Å²) in [7, 11) is -3.90. The van der Waals surface area contributed by atoms with Crippen LogP contribution in [0.1, 0.15) is 36.9 Å². The van der Waals surface area contributed by atoms with E-state index in [1.54, 1.807) is 6.92 Å². The second-order valence-corrected chi connectivity index (χ2v) is 7.69. The molecule has 0 saturated carbocycles. The van der Waals surface area contributed by atoms with Crippen LogP contribution < -0.4 is 10.0 Å². The van der Waals surface area contributed by atoms with E-state index in [-0.39, 0.29) is 10.8 Å². The number of benzene rings is 2. The van der Waals surface area contributed by atoms with Gasteiger partial charge in [-0.05, 0) is 55.3 Å². The maximum Gasteiger partial charge on any atom is 0.241 e. The minimum Gasteiger partial charge on any atom is -0.325 e. The van der Waals surface area contributed by atoms with E-state index < -0.39 is 33.6 Å². The maximum atomic E-state index is 13.3. The smallest absolute Gasteiger partial charge is 0.241 e. The molecule has 0 spiro atoms. The third-order valence-corrected chi connectivity index (χ3v) is 5.76. The van der Waals surface area contributed by atoms with Gasteiger partial charge in [-0.1, -0.05) is 6.07 Å². The quantitative estimate of drug-likeness (QED) is 0.873. The Balaban J connectivity index is 1.87. The van der Waals surface area contributed by atoms with Gasteiger partial charge in [0.1, 0.15) is 0 Å². The van der Waals surface area contributed by atoms with Crippen molar-refractivity contribution in [1.29, 1.82) is 0 Å². The summed E-state index contributed by atoms with van der Waals surface area (Å²) in [6.07, 6.45) is 0. The Morgan fingerprint density at radius 1 is 1.12 bits per heavy atom. The molecule has 0 aliphatic carbocycles. The summed E-state index contributed by atoms with van der Waals surface area (Å²) in [5.74, 6) is -2.66. The van der Waals surface area contributed by atoms with Crippen LogP contribution in [-0.4, -0.2) is 14.3 Å². The number of rotatable bonds is 4. The fraction of sp³-hybridized carbons (Fsp3) is 0.235. The van der Waals surface area contributed by atoms with E-state index in [4.69, 9.17) is 0 Å². The minimum absolute atomic E-state index is 0.00373. The Labute approximate surface area is 144 Å². The molecule has 5 nitrogen and oxygen atoms in total. The number of hydrogen-bond donors (Lipinski definition) is 2. The Morgan fingerprint density at radius 2 is 1.84 bits per heavy atom. The van der Waals surface area contributed by atoms with Crippen LogP contribution in [0.25, 0.3) is 0 Å². The van der Waals surface area contributed by atoms with Crippen molar-refractivity contribution >= 4 is 21.6 Å². The molecule has 3 rings (SSSR count). The zero-order chi connectivity index (χ0) is 18.4. The third kappa shape index (κ3) is 3.27. The lowest BCUT2D eigenvalue weighted by Crippen LogP contribution is -2.27.